The van der Waals surface area contributed by atoms with Gasteiger partial charge in [0, 0.05) is 23.9 Å². The summed E-state index contributed by atoms with van der Waals surface area (Å²) in [6.45, 7) is 4.18. The molecule has 0 saturated carbocycles. The first-order valence-corrected chi connectivity index (χ1v) is 13.4. The molecule has 0 radical (unpaired) electrons. The smallest absolute Gasteiger partial charge is 0.414 e. The van der Waals surface area contributed by atoms with Crippen LogP contribution in [0.15, 0.2) is 66.9 Å². The number of carbonyl (C=O) groups is 1. The quantitative estimate of drug-likeness (QED) is 0.143. The van der Waals surface area contributed by atoms with E-state index in [1.165, 1.54) is 0 Å². The molecule has 0 bridgehead atoms. The minimum Gasteiger partial charge on any atom is -0.494 e. The monoisotopic (exact) mass is 543 g/mol. The lowest BCUT2D eigenvalue weighted by Gasteiger charge is -2.16. The van der Waals surface area contributed by atoms with E-state index in [2.05, 4.69) is 11.9 Å². The molecule has 0 amide bonds. The van der Waals surface area contributed by atoms with Gasteiger partial charge in [-0.3, -0.25) is 4.98 Å². The van der Waals surface area contributed by atoms with Crippen molar-refractivity contribution < 1.29 is 32.2 Å². The number of pyridine rings is 1. The van der Waals surface area contributed by atoms with Crippen molar-refractivity contribution in [2.45, 2.75) is 64.7 Å². The number of esters is 1. The molecule has 1 heterocycles. The van der Waals surface area contributed by atoms with Crippen LogP contribution in [0.4, 0.5) is 13.2 Å². The first kappa shape index (κ1) is 30.2. The predicted molar refractivity (Wildman–Crippen MR) is 146 cm³/mol. The summed E-state index contributed by atoms with van der Waals surface area (Å²) >= 11 is 0. The Morgan fingerprint density at radius 3 is 2.05 bits per heavy atom. The molecule has 1 unspecified atom stereocenters. The van der Waals surface area contributed by atoms with Crippen LogP contribution in [-0.4, -0.2) is 43.1 Å². The van der Waals surface area contributed by atoms with Gasteiger partial charge in [0.05, 0.1) is 24.5 Å². The van der Waals surface area contributed by atoms with E-state index in [0.717, 1.165) is 60.9 Å². The fourth-order valence-electron chi connectivity index (χ4n) is 3.75. The van der Waals surface area contributed by atoms with Gasteiger partial charge < -0.3 is 14.2 Å². The normalized spacial score (nSPS) is 12.2. The van der Waals surface area contributed by atoms with Crippen LogP contribution < -0.4 is 4.74 Å². The van der Waals surface area contributed by atoms with Gasteiger partial charge in [0.1, 0.15) is 5.75 Å². The molecule has 39 heavy (non-hydrogen) atoms. The van der Waals surface area contributed by atoms with Crippen LogP contribution in [0.25, 0.3) is 22.4 Å². The number of carbonyl (C=O) groups excluding carboxylic acids is 1. The Hall–Kier alpha value is -3.39. The van der Waals surface area contributed by atoms with Crippen LogP contribution in [0.2, 0.25) is 0 Å². The first-order valence-electron chi connectivity index (χ1n) is 13.4. The zero-order valence-corrected chi connectivity index (χ0v) is 22.5. The Bertz CT molecular complexity index is 1130. The Morgan fingerprint density at radius 1 is 0.795 bits per heavy atom. The molecule has 0 N–H and O–H groups in total. The van der Waals surface area contributed by atoms with Crippen molar-refractivity contribution in [3.63, 3.8) is 0 Å². The number of hydrogen-bond donors (Lipinski definition) is 0. The second-order valence-electron chi connectivity index (χ2n) is 9.34. The third kappa shape index (κ3) is 10.0. The van der Waals surface area contributed by atoms with Gasteiger partial charge in [0.25, 0.3) is 0 Å². The van der Waals surface area contributed by atoms with E-state index in [9.17, 15) is 18.0 Å². The molecule has 210 valence electrons. The van der Waals surface area contributed by atoms with Gasteiger partial charge in [0.15, 0.2) is 6.10 Å². The number of halogens is 3. The molecule has 0 aliphatic rings. The topological polar surface area (TPSA) is 57.7 Å². The molecule has 3 rings (SSSR count). The number of hydrogen-bond acceptors (Lipinski definition) is 5. The summed E-state index contributed by atoms with van der Waals surface area (Å²) in [6.07, 6.45) is 0.511. The van der Waals surface area contributed by atoms with Crippen molar-refractivity contribution in [2.75, 3.05) is 19.8 Å². The number of nitrogens with zero attached hydrogens (tertiary/aromatic N) is 1. The van der Waals surface area contributed by atoms with E-state index in [-0.39, 0.29) is 13.2 Å². The molecule has 0 aliphatic carbocycles. The summed E-state index contributed by atoms with van der Waals surface area (Å²) in [7, 11) is 0. The molecule has 0 aliphatic heterocycles. The largest absolute Gasteiger partial charge is 0.494 e. The van der Waals surface area contributed by atoms with E-state index >= 15 is 0 Å². The van der Waals surface area contributed by atoms with Gasteiger partial charge in [0.2, 0.25) is 0 Å². The SMILES string of the molecule is CCCCOc1ccc(-c2ccc(-c3ccc(C(=O)OCCCCCCOC(C)C(F)(F)F)cc3)nc2)cc1. The molecule has 8 heteroatoms. The number of alkyl halides is 3. The highest BCUT2D eigenvalue weighted by Crippen LogP contribution is 2.25. The van der Waals surface area contributed by atoms with Crippen LogP contribution in [0.5, 0.6) is 5.75 Å². The molecular weight excluding hydrogens is 507 g/mol. The van der Waals surface area contributed by atoms with Gasteiger partial charge in [-0.1, -0.05) is 50.1 Å². The fourth-order valence-corrected chi connectivity index (χ4v) is 3.75. The number of aromatic nitrogens is 1. The first-order chi connectivity index (χ1) is 18.8. The molecule has 1 aromatic heterocycles. The van der Waals surface area contributed by atoms with Crippen molar-refractivity contribution in [2.24, 2.45) is 0 Å². The van der Waals surface area contributed by atoms with Crippen molar-refractivity contribution in [3.8, 4) is 28.1 Å². The van der Waals surface area contributed by atoms with Crippen molar-refractivity contribution in [1.82, 2.24) is 4.98 Å². The molecule has 0 fully saturated rings. The fraction of sp³-hybridized carbons (Fsp3) is 0.419. The Morgan fingerprint density at radius 2 is 1.44 bits per heavy atom. The molecule has 3 aromatic rings. The zero-order valence-electron chi connectivity index (χ0n) is 22.5. The molecule has 5 nitrogen and oxygen atoms in total. The average Bonchev–Trinajstić information content (AvgIpc) is 2.94. The van der Waals surface area contributed by atoms with E-state index in [0.29, 0.717) is 24.8 Å². The highest BCUT2D eigenvalue weighted by atomic mass is 19.4. The standard InChI is InChI=1S/C31H36F3NO4/c1-3-4-19-38-28-16-13-24(14-17-28)27-15-18-29(35-22-27)25-9-11-26(12-10-25)30(36)39-21-8-6-5-7-20-37-23(2)31(32,33)34/h9-18,22-23H,3-8,19-21H2,1-2H3. The summed E-state index contributed by atoms with van der Waals surface area (Å²) in [5.74, 6) is 0.452. The Kier molecular flexibility index (Phi) is 11.8. The third-order valence-corrected chi connectivity index (χ3v) is 6.23. The molecule has 0 saturated heterocycles. The van der Waals surface area contributed by atoms with Crippen LogP contribution in [0.3, 0.4) is 0 Å². The van der Waals surface area contributed by atoms with Crippen molar-refractivity contribution in [1.29, 1.82) is 0 Å². The van der Waals surface area contributed by atoms with E-state index in [1.807, 2.05) is 54.7 Å². The Balaban J connectivity index is 1.39. The maximum Gasteiger partial charge on any atom is 0.414 e. The van der Waals surface area contributed by atoms with Crippen LogP contribution >= 0.6 is 0 Å². The van der Waals surface area contributed by atoms with Crippen LogP contribution in [0, 0.1) is 0 Å². The summed E-state index contributed by atoms with van der Waals surface area (Å²) in [4.78, 5) is 16.9. The summed E-state index contributed by atoms with van der Waals surface area (Å²) in [5, 5.41) is 0. The Labute approximate surface area is 228 Å². The van der Waals surface area contributed by atoms with Crippen LogP contribution in [0.1, 0.15) is 62.7 Å². The molecular formula is C31H36F3NO4. The highest BCUT2D eigenvalue weighted by molar-refractivity contribution is 5.90. The van der Waals surface area contributed by atoms with Crippen LogP contribution in [-0.2, 0) is 9.47 Å². The van der Waals surface area contributed by atoms with Gasteiger partial charge in [-0.2, -0.15) is 13.2 Å². The van der Waals surface area contributed by atoms with Gasteiger partial charge in [-0.05, 0) is 68.5 Å². The lowest BCUT2D eigenvalue weighted by molar-refractivity contribution is -0.214. The third-order valence-electron chi connectivity index (χ3n) is 6.23. The van der Waals surface area contributed by atoms with Crippen molar-refractivity contribution in [3.05, 3.63) is 72.4 Å². The number of unbranched alkanes of at least 4 members (excludes halogenated alkanes) is 4. The number of benzene rings is 2. The lowest BCUT2D eigenvalue weighted by Crippen LogP contribution is -2.28. The molecule has 2 aromatic carbocycles. The maximum atomic E-state index is 12.4. The molecule has 0 spiro atoms. The zero-order chi connectivity index (χ0) is 28.1. The predicted octanol–water partition coefficient (Wildman–Crippen LogP) is 8.28. The van der Waals surface area contributed by atoms with E-state index < -0.39 is 18.2 Å². The minimum atomic E-state index is -4.33. The second kappa shape index (κ2) is 15.3. The van der Waals surface area contributed by atoms with E-state index in [4.69, 9.17) is 14.2 Å². The summed E-state index contributed by atoms with van der Waals surface area (Å²) in [6, 6.07) is 19.0. The number of rotatable bonds is 15. The van der Waals surface area contributed by atoms with Gasteiger partial charge in [-0.25, -0.2) is 4.79 Å². The van der Waals surface area contributed by atoms with E-state index in [1.54, 1.807) is 12.1 Å². The van der Waals surface area contributed by atoms with Crippen molar-refractivity contribution >= 4 is 5.97 Å². The summed E-state index contributed by atoms with van der Waals surface area (Å²) in [5.41, 5.74) is 4.19. The van der Waals surface area contributed by atoms with Gasteiger partial charge >= 0.3 is 12.1 Å². The maximum absolute atomic E-state index is 12.4. The lowest BCUT2D eigenvalue weighted by atomic mass is 10.0. The number of ether oxygens (including phenoxy) is 3. The molecule has 1 atom stereocenters. The van der Waals surface area contributed by atoms with Gasteiger partial charge in [-0.15, -0.1) is 0 Å². The summed E-state index contributed by atoms with van der Waals surface area (Å²) < 4.78 is 53.0. The average molecular weight is 544 g/mol. The minimum absolute atomic E-state index is 0.0616. The highest BCUT2D eigenvalue weighted by Gasteiger charge is 2.36. The second-order valence-corrected chi connectivity index (χ2v) is 9.34.